The van der Waals surface area contributed by atoms with Crippen LogP contribution in [0.25, 0.3) is 0 Å². The van der Waals surface area contributed by atoms with E-state index in [4.69, 9.17) is 0 Å². The zero-order chi connectivity index (χ0) is 13.9. The molecule has 0 spiro atoms. The normalized spacial score (nSPS) is 14.6. The molecule has 0 aromatic heterocycles. The maximum atomic E-state index is 13.7. The minimum Gasteiger partial charge on any atom is -0.341 e. The molecule has 3 heteroatoms. The van der Waals surface area contributed by atoms with Crippen LogP contribution in [0.15, 0.2) is 42.5 Å². The van der Waals surface area contributed by atoms with Crippen molar-refractivity contribution in [2.45, 2.75) is 19.3 Å². The Bertz CT molecular complexity index is 639. The Morgan fingerprint density at radius 1 is 1.10 bits per heavy atom. The number of carbonyl (C=O) groups is 1. The van der Waals surface area contributed by atoms with E-state index in [1.54, 1.807) is 6.07 Å². The highest BCUT2D eigenvalue weighted by Gasteiger charge is 2.17. The second-order valence-electron chi connectivity index (χ2n) is 5.10. The van der Waals surface area contributed by atoms with Crippen LogP contribution < -0.4 is 4.90 Å². The number of para-hydroxylation sites is 1. The van der Waals surface area contributed by atoms with Crippen LogP contribution in [-0.2, 0) is 6.42 Å². The van der Waals surface area contributed by atoms with Crippen molar-refractivity contribution in [2.75, 3.05) is 11.4 Å². The van der Waals surface area contributed by atoms with Gasteiger partial charge in [-0.3, -0.25) is 4.79 Å². The average molecular weight is 269 g/mol. The van der Waals surface area contributed by atoms with Gasteiger partial charge in [-0.15, -0.1) is 0 Å². The molecule has 0 saturated carbocycles. The van der Waals surface area contributed by atoms with Gasteiger partial charge in [0.1, 0.15) is 12.1 Å². The predicted molar refractivity (Wildman–Crippen MR) is 78.2 cm³/mol. The molecule has 0 fully saturated rings. The highest BCUT2D eigenvalue weighted by atomic mass is 19.1. The number of halogens is 1. The van der Waals surface area contributed by atoms with E-state index >= 15 is 0 Å². The summed E-state index contributed by atoms with van der Waals surface area (Å²) in [5.74, 6) is -0.369. The number of nitrogens with zero attached hydrogens (tertiary/aromatic N) is 1. The highest BCUT2D eigenvalue weighted by Crippen LogP contribution is 2.33. The zero-order valence-corrected chi connectivity index (χ0v) is 11.2. The lowest BCUT2D eigenvalue weighted by atomic mass is 10.1. The number of anilines is 2. The van der Waals surface area contributed by atoms with E-state index in [-0.39, 0.29) is 5.82 Å². The van der Waals surface area contributed by atoms with Crippen LogP contribution in [0.3, 0.4) is 0 Å². The first-order valence-corrected chi connectivity index (χ1v) is 6.89. The van der Waals surface area contributed by atoms with E-state index in [0.717, 1.165) is 37.2 Å². The van der Waals surface area contributed by atoms with Crippen LogP contribution in [0.1, 0.15) is 28.8 Å². The molecule has 1 aliphatic rings. The molecule has 0 saturated heterocycles. The number of fused-ring (bicyclic) bond motifs is 1. The summed E-state index contributed by atoms with van der Waals surface area (Å²) >= 11 is 0. The highest BCUT2D eigenvalue weighted by molar-refractivity contribution is 5.79. The number of carbonyl (C=O) groups excluding carboxylic acids is 1. The Balaban J connectivity index is 2.09. The Labute approximate surface area is 117 Å². The third kappa shape index (κ3) is 2.44. The lowest BCUT2D eigenvalue weighted by molar-refractivity contribution is 0.112. The van der Waals surface area contributed by atoms with Crippen molar-refractivity contribution in [3.63, 3.8) is 0 Å². The van der Waals surface area contributed by atoms with E-state index in [0.29, 0.717) is 11.8 Å². The number of aldehydes is 1. The maximum Gasteiger partial charge on any atom is 0.150 e. The standard InChI is InChI=1S/C17H16FNO/c18-15-9-13(12-20)10-16(11-15)19-8-4-3-6-14-5-1-2-7-17(14)19/h1-2,5,7,9-12H,3-4,6,8H2. The Kier molecular flexibility index (Phi) is 3.50. The van der Waals surface area contributed by atoms with Gasteiger partial charge in [-0.1, -0.05) is 18.2 Å². The zero-order valence-electron chi connectivity index (χ0n) is 11.2. The van der Waals surface area contributed by atoms with Gasteiger partial charge in [0, 0.05) is 23.5 Å². The molecule has 0 atom stereocenters. The molecule has 1 aliphatic heterocycles. The molecule has 0 aliphatic carbocycles. The van der Waals surface area contributed by atoms with Gasteiger partial charge in [-0.25, -0.2) is 4.39 Å². The quantitative estimate of drug-likeness (QED) is 0.765. The Morgan fingerprint density at radius 3 is 2.80 bits per heavy atom. The Morgan fingerprint density at radius 2 is 1.95 bits per heavy atom. The summed E-state index contributed by atoms with van der Waals surface area (Å²) in [5.41, 5.74) is 3.53. The molecule has 20 heavy (non-hydrogen) atoms. The molecule has 0 amide bonds. The minimum atomic E-state index is -0.369. The van der Waals surface area contributed by atoms with Gasteiger partial charge in [-0.2, -0.15) is 0 Å². The molecule has 2 aromatic rings. The Hall–Kier alpha value is -2.16. The van der Waals surface area contributed by atoms with Gasteiger partial charge in [0.25, 0.3) is 0 Å². The maximum absolute atomic E-state index is 13.7. The average Bonchev–Trinajstić information content (AvgIpc) is 2.69. The number of hydrogen-bond donors (Lipinski definition) is 0. The third-order valence-corrected chi connectivity index (χ3v) is 3.71. The van der Waals surface area contributed by atoms with E-state index in [1.807, 2.05) is 12.1 Å². The lowest BCUT2D eigenvalue weighted by Crippen LogP contribution is -2.18. The second-order valence-corrected chi connectivity index (χ2v) is 5.10. The van der Waals surface area contributed by atoms with Crippen LogP contribution in [0.4, 0.5) is 15.8 Å². The van der Waals surface area contributed by atoms with Gasteiger partial charge in [-0.05, 0) is 49.1 Å². The van der Waals surface area contributed by atoms with Crippen LogP contribution in [0.2, 0.25) is 0 Å². The predicted octanol–water partition coefficient (Wildman–Crippen LogP) is 4.11. The summed E-state index contributed by atoms with van der Waals surface area (Å²) < 4.78 is 13.7. The summed E-state index contributed by atoms with van der Waals surface area (Å²) in [6.07, 6.45) is 3.92. The largest absolute Gasteiger partial charge is 0.341 e. The first-order valence-electron chi connectivity index (χ1n) is 6.89. The monoisotopic (exact) mass is 269 g/mol. The summed E-state index contributed by atoms with van der Waals surface area (Å²) in [4.78, 5) is 13.0. The van der Waals surface area contributed by atoms with E-state index in [2.05, 4.69) is 17.0 Å². The van der Waals surface area contributed by atoms with Crippen molar-refractivity contribution in [3.05, 3.63) is 59.4 Å². The van der Waals surface area contributed by atoms with Gasteiger partial charge in [0.05, 0.1) is 0 Å². The molecule has 2 aromatic carbocycles. The molecule has 0 unspecified atom stereocenters. The van der Waals surface area contributed by atoms with Crippen LogP contribution >= 0.6 is 0 Å². The van der Waals surface area contributed by atoms with Gasteiger partial charge in [0.15, 0.2) is 0 Å². The van der Waals surface area contributed by atoms with Crippen LogP contribution in [0, 0.1) is 5.82 Å². The molecule has 0 N–H and O–H groups in total. The molecule has 102 valence electrons. The molecule has 3 rings (SSSR count). The van der Waals surface area contributed by atoms with Crippen LogP contribution in [0.5, 0.6) is 0 Å². The van der Waals surface area contributed by atoms with E-state index < -0.39 is 0 Å². The lowest BCUT2D eigenvalue weighted by Gasteiger charge is -2.25. The SMILES string of the molecule is O=Cc1cc(F)cc(N2CCCCc3ccccc32)c1. The topological polar surface area (TPSA) is 20.3 Å². The molecular formula is C17H16FNO. The fourth-order valence-electron chi connectivity index (χ4n) is 2.78. The van der Waals surface area contributed by atoms with Gasteiger partial charge >= 0.3 is 0 Å². The molecule has 2 nitrogen and oxygen atoms in total. The number of rotatable bonds is 2. The van der Waals surface area contributed by atoms with Crippen molar-refractivity contribution in [1.29, 1.82) is 0 Å². The summed E-state index contributed by atoms with van der Waals surface area (Å²) in [7, 11) is 0. The summed E-state index contributed by atoms with van der Waals surface area (Å²) in [6.45, 7) is 0.846. The first kappa shape index (κ1) is 12.9. The summed E-state index contributed by atoms with van der Waals surface area (Å²) in [5, 5.41) is 0. The number of aryl methyl sites for hydroxylation is 1. The van der Waals surface area contributed by atoms with Gasteiger partial charge in [0.2, 0.25) is 0 Å². The minimum absolute atomic E-state index is 0.369. The number of benzene rings is 2. The van der Waals surface area contributed by atoms with Crippen molar-refractivity contribution in [3.8, 4) is 0 Å². The second kappa shape index (κ2) is 5.45. The third-order valence-electron chi connectivity index (χ3n) is 3.71. The molecule has 0 radical (unpaired) electrons. The van der Waals surface area contributed by atoms with Crippen molar-refractivity contribution >= 4 is 17.7 Å². The summed E-state index contributed by atoms with van der Waals surface area (Å²) in [6, 6.07) is 12.7. The van der Waals surface area contributed by atoms with Gasteiger partial charge < -0.3 is 4.90 Å². The van der Waals surface area contributed by atoms with E-state index in [9.17, 15) is 9.18 Å². The number of hydrogen-bond acceptors (Lipinski definition) is 2. The molecular weight excluding hydrogens is 253 g/mol. The fourth-order valence-corrected chi connectivity index (χ4v) is 2.78. The van der Waals surface area contributed by atoms with Crippen molar-refractivity contribution in [1.82, 2.24) is 0 Å². The van der Waals surface area contributed by atoms with Crippen molar-refractivity contribution < 1.29 is 9.18 Å². The molecule has 0 bridgehead atoms. The van der Waals surface area contributed by atoms with Crippen molar-refractivity contribution in [2.24, 2.45) is 0 Å². The fraction of sp³-hybridized carbons (Fsp3) is 0.235. The first-order chi connectivity index (χ1) is 9.78. The van der Waals surface area contributed by atoms with E-state index in [1.165, 1.54) is 17.7 Å². The molecule has 1 heterocycles. The van der Waals surface area contributed by atoms with Crippen LogP contribution in [-0.4, -0.2) is 12.8 Å². The smallest absolute Gasteiger partial charge is 0.150 e.